The number of aliphatic imine (C=N–C) groups is 2. The first-order chi connectivity index (χ1) is 34.1. The zero-order valence-corrected chi connectivity index (χ0v) is 39.7. The highest BCUT2D eigenvalue weighted by molar-refractivity contribution is 7.80. The van der Waals surface area contributed by atoms with Crippen molar-refractivity contribution in [2.45, 2.75) is 81.2 Å². The summed E-state index contributed by atoms with van der Waals surface area (Å²) in [4.78, 5) is 101. The standard InChI is InChI=1S/C48H61N15O7S/c49-32(12-7-17-54-47(50)51)41(64)59-36(16-8-18-55-48(52)53)42(65)60-37(19-26-22-56-33-13-4-1-9-29(26)33)43(66)61-38(20-27-23-57-34-14-5-2-10-30(27)34)44(67)63-40(25-71)45(68)62-39(46(69)70)21-28-24-58-35-15-6-3-11-31(28)35/h1-6,9-11,13-15,22-24,32,36-40,56-58,71H,7-8,12,16-21,25,49H2,(H,59,64)(H,60,65)(H,61,66)(H,62,68)(H,63,67)(H,69,70)(H4,50,51,54)(H4,52,53,55)/t32-,36-,37-,38-,39-,40-/m0/s1. The van der Waals surface area contributed by atoms with E-state index in [-0.39, 0.29) is 69.3 Å². The number of amides is 5. The fourth-order valence-corrected chi connectivity index (χ4v) is 8.42. The van der Waals surface area contributed by atoms with Gasteiger partial charge in [0.2, 0.25) is 29.5 Å². The number of carbonyl (C=O) groups is 6. The van der Waals surface area contributed by atoms with E-state index in [0.717, 1.165) is 32.7 Å². The molecule has 376 valence electrons. The maximum Gasteiger partial charge on any atom is 0.326 e. The number of benzene rings is 3. The summed E-state index contributed by atoms with van der Waals surface area (Å²) in [5, 5.41) is 26.1. The number of hydrogen-bond donors (Lipinski definition) is 15. The van der Waals surface area contributed by atoms with Gasteiger partial charge in [0.15, 0.2) is 11.9 Å². The topological polar surface area (TPSA) is 385 Å². The highest BCUT2D eigenvalue weighted by Gasteiger charge is 2.34. The van der Waals surface area contributed by atoms with Crippen molar-refractivity contribution in [3.8, 4) is 0 Å². The van der Waals surface area contributed by atoms with Gasteiger partial charge in [-0.15, -0.1) is 0 Å². The largest absolute Gasteiger partial charge is 0.480 e. The first-order valence-electron chi connectivity index (χ1n) is 23.0. The number of aromatic nitrogens is 3. The molecule has 6 atom stereocenters. The lowest BCUT2D eigenvalue weighted by Gasteiger charge is -2.27. The van der Waals surface area contributed by atoms with E-state index in [1.54, 1.807) is 18.6 Å². The van der Waals surface area contributed by atoms with Crippen LogP contribution in [0.2, 0.25) is 0 Å². The van der Waals surface area contributed by atoms with E-state index in [2.05, 4.69) is 64.1 Å². The minimum Gasteiger partial charge on any atom is -0.480 e. The average molecular weight is 992 g/mol. The molecule has 6 rings (SSSR count). The Morgan fingerprint density at radius 2 is 0.859 bits per heavy atom. The smallest absolute Gasteiger partial charge is 0.326 e. The van der Waals surface area contributed by atoms with Crippen molar-refractivity contribution in [2.75, 3.05) is 18.8 Å². The van der Waals surface area contributed by atoms with Gasteiger partial charge in [0.25, 0.3) is 0 Å². The Balaban J connectivity index is 1.26. The molecular weight excluding hydrogens is 931 g/mol. The molecule has 71 heavy (non-hydrogen) atoms. The summed E-state index contributed by atoms with van der Waals surface area (Å²) in [6.07, 6.45) is 5.73. The molecule has 22 nitrogen and oxygen atoms in total. The zero-order chi connectivity index (χ0) is 51.0. The number of fused-ring (bicyclic) bond motifs is 3. The van der Waals surface area contributed by atoms with Gasteiger partial charge in [0, 0.05) is 89.4 Å². The van der Waals surface area contributed by atoms with Gasteiger partial charge < -0.3 is 75.3 Å². The number of nitrogens with zero attached hydrogens (tertiary/aromatic N) is 2. The molecule has 0 saturated carbocycles. The minimum absolute atomic E-state index is 0.0415. The van der Waals surface area contributed by atoms with Crippen LogP contribution in [0, 0.1) is 0 Å². The first-order valence-corrected chi connectivity index (χ1v) is 23.6. The molecule has 3 heterocycles. The van der Waals surface area contributed by atoms with E-state index < -0.39 is 71.8 Å². The fraction of sp³-hybridized carbons (Fsp3) is 0.333. The Kier molecular flexibility index (Phi) is 18.4. The number of para-hydroxylation sites is 3. The van der Waals surface area contributed by atoms with Crippen molar-refractivity contribution >= 4 is 92.8 Å². The Morgan fingerprint density at radius 3 is 1.28 bits per heavy atom. The SMILES string of the molecule is NC(N)=NCCC[C@H](NC(=O)[C@@H](N)CCCN=C(N)N)C(=O)N[C@@H](Cc1c[nH]c2ccccc12)C(=O)N[C@@H](Cc1c[nH]c2ccccc12)C(=O)N[C@@H](CS)C(=O)N[C@@H](Cc1c[nH]c2ccccc12)C(=O)O. The third-order valence-electron chi connectivity index (χ3n) is 11.9. The lowest BCUT2D eigenvalue weighted by molar-refractivity contribution is -0.142. The van der Waals surface area contributed by atoms with Crippen molar-refractivity contribution in [2.24, 2.45) is 38.7 Å². The Labute approximate surface area is 413 Å². The molecule has 23 heteroatoms. The molecule has 0 bridgehead atoms. The number of carboxylic acid groups (broad SMARTS) is 1. The van der Waals surface area contributed by atoms with Gasteiger partial charge in [-0.2, -0.15) is 12.6 Å². The summed E-state index contributed by atoms with van der Waals surface area (Å²) in [7, 11) is 0. The first kappa shape index (κ1) is 52.3. The summed E-state index contributed by atoms with van der Waals surface area (Å²) in [5.74, 6) is -5.56. The number of rotatable bonds is 26. The molecular formula is C48H61N15O7S. The Hall–Kier alpha value is -8.05. The molecule has 5 amide bonds. The minimum atomic E-state index is -1.37. The van der Waals surface area contributed by atoms with Crippen LogP contribution in [0.5, 0.6) is 0 Å². The van der Waals surface area contributed by atoms with E-state index in [4.69, 9.17) is 28.7 Å². The summed E-state index contributed by atoms with van der Waals surface area (Å²) in [6, 6.07) is 14.4. The summed E-state index contributed by atoms with van der Waals surface area (Å²) in [6.45, 7) is 0.360. The summed E-state index contributed by atoms with van der Waals surface area (Å²) >= 11 is 4.35. The normalized spacial score (nSPS) is 13.8. The number of guanidine groups is 2. The van der Waals surface area contributed by atoms with Crippen LogP contribution in [0.3, 0.4) is 0 Å². The van der Waals surface area contributed by atoms with Crippen LogP contribution < -0.4 is 55.3 Å². The van der Waals surface area contributed by atoms with E-state index >= 15 is 0 Å². The van der Waals surface area contributed by atoms with Gasteiger partial charge in [-0.25, -0.2) is 4.79 Å². The molecule has 0 aliphatic rings. The van der Waals surface area contributed by atoms with E-state index in [1.165, 1.54) is 0 Å². The second-order valence-electron chi connectivity index (χ2n) is 17.0. The number of H-pyrrole nitrogens is 3. The number of nitrogens with one attached hydrogen (secondary N) is 8. The van der Waals surface area contributed by atoms with Crippen molar-refractivity contribution in [3.63, 3.8) is 0 Å². The molecule has 0 fully saturated rings. The lowest BCUT2D eigenvalue weighted by atomic mass is 10.0. The molecule has 0 spiro atoms. The van der Waals surface area contributed by atoms with Gasteiger partial charge in [-0.3, -0.25) is 34.0 Å². The number of nitrogens with two attached hydrogens (primary N) is 5. The van der Waals surface area contributed by atoms with Crippen LogP contribution in [0.1, 0.15) is 42.4 Å². The van der Waals surface area contributed by atoms with Crippen LogP contribution in [0.15, 0.2) is 101 Å². The number of aromatic amines is 3. The van der Waals surface area contributed by atoms with E-state index in [9.17, 15) is 33.9 Å². The third kappa shape index (κ3) is 14.5. The maximum atomic E-state index is 14.8. The summed E-state index contributed by atoms with van der Waals surface area (Å²) in [5.41, 5.74) is 32.4. The number of carboxylic acids is 1. The van der Waals surface area contributed by atoms with Crippen molar-refractivity contribution in [3.05, 3.63) is 108 Å². The molecule has 0 aliphatic carbocycles. The predicted octanol–water partition coefficient (Wildman–Crippen LogP) is 0.0313. The second kappa shape index (κ2) is 25.0. The van der Waals surface area contributed by atoms with Crippen molar-refractivity contribution in [1.29, 1.82) is 0 Å². The van der Waals surface area contributed by atoms with Crippen LogP contribution in [0.4, 0.5) is 0 Å². The van der Waals surface area contributed by atoms with E-state index in [0.29, 0.717) is 23.1 Å². The number of thiol groups is 1. The maximum absolute atomic E-state index is 14.8. The van der Waals surface area contributed by atoms with Gasteiger partial charge in [-0.05, 0) is 60.6 Å². The average Bonchev–Trinajstić information content (AvgIpc) is 4.09. The Morgan fingerprint density at radius 1 is 0.507 bits per heavy atom. The number of aliphatic carboxylic acids is 1. The Bertz CT molecular complexity index is 2880. The van der Waals surface area contributed by atoms with Crippen LogP contribution >= 0.6 is 12.6 Å². The molecule has 0 unspecified atom stereocenters. The van der Waals surface area contributed by atoms with Crippen LogP contribution in [-0.4, -0.2) is 123 Å². The monoisotopic (exact) mass is 991 g/mol. The molecule has 0 aliphatic heterocycles. The zero-order valence-electron chi connectivity index (χ0n) is 38.8. The predicted molar refractivity (Wildman–Crippen MR) is 275 cm³/mol. The second-order valence-corrected chi connectivity index (χ2v) is 17.4. The number of carbonyl (C=O) groups excluding carboxylic acids is 5. The van der Waals surface area contributed by atoms with Gasteiger partial charge in [0.1, 0.15) is 30.2 Å². The molecule has 0 saturated heterocycles. The van der Waals surface area contributed by atoms with Crippen LogP contribution in [-0.2, 0) is 48.0 Å². The molecule has 19 N–H and O–H groups in total. The van der Waals surface area contributed by atoms with Gasteiger partial charge in [0.05, 0.1) is 6.04 Å². The summed E-state index contributed by atoms with van der Waals surface area (Å²) < 4.78 is 0. The third-order valence-corrected chi connectivity index (χ3v) is 12.2. The highest BCUT2D eigenvalue weighted by Crippen LogP contribution is 2.22. The van der Waals surface area contributed by atoms with E-state index in [1.807, 2.05) is 72.8 Å². The molecule has 0 radical (unpaired) electrons. The quantitative estimate of drug-likeness (QED) is 0.0148. The lowest BCUT2D eigenvalue weighted by Crippen LogP contribution is -2.60. The highest BCUT2D eigenvalue weighted by atomic mass is 32.1. The van der Waals surface area contributed by atoms with Gasteiger partial charge in [-0.1, -0.05) is 54.6 Å². The van der Waals surface area contributed by atoms with Crippen LogP contribution in [0.25, 0.3) is 32.7 Å². The van der Waals surface area contributed by atoms with Crippen molar-refractivity contribution in [1.82, 2.24) is 41.5 Å². The molecule has 3 aromatic heterocycles. The molecule has 6 aromatic rings. The van der Waals surface area contributed by atoms with Crippen molar-refractivity contribution < 1.29 is 33.9 Å². The molecule has 3 aromatic carbocycles. The number of hydrogen-bond acceptors (Lipinski definition) is 10. The van der Waals surface area contributed by atoms with Gasteiger partial charge >= 0.3 is 5.97 Å². The fourth-order valence-electron chi connectivity index (χ4n) is 8.16.